The van der Waals surface area contributed by atoms with E-state index in [2.05, 4.69) is 4.99 Å². The molecule has 0 saturated carbocycles. The lowest BCUT2D eigenvalue weighted by Gasteiger charge is -2.17. The molecule has 0 bridgehead atoms. The lowest BCUT2D eigenvalue weighted by Crippen LogP contribution is -2.31. The van der Waals surface area contributed by atoms with Crippen molar-refractivity contribution in [1.29, 1.82) is 0 Å². The first-order chi connectivity index (χ1) is 5.38. The fourth-order valence-corrected chi connectivity index (χ4v) is 1.23. The van der Waals surface area contributed by atoms with E-state index >= 15 is 0 Å². The molecule has 64 valence electrons. The number of aliphatic hydroxyl groups is 2. The van der Waals surface area contributed by atoms with Crippen LogP contribution in [0.1, 0.15) is 6.42 Å². The van der Waals surface area contributed by atoms with Crippen LogP contribution in [-0.2, 0) is 0 Å². The molecule has 0 amide bonds. The highest BCUT2D eigenvalue weighted by Gasteiger charge is 2.14. The van der Waals surface area contributed by atoms with Crippen LogP contribution >= 0.6 is 0 Å². The number of rotatable bonds is 4. The number of aliphatic imine (C=N–C) groups is 1. The second kappa shape index (κ2) is 4.31. The fourth-order valence-electron chi connectivity index (χ4n) is 1.23. The van der Waals surface area contributed by atoms with Crippen LogP contribution in [0.3, 0.4) is 0 Å². The van der Waals surface area contributed by atoms with Crippen molar-refractivity contribution in [2.45, 2.75) is 6.42 Å². The highest BCUT2D eigenvalue weighted by molar-refractivity contribution is 5.83. The maximum atomic E-state index is 8.65. The predicted octanol–water partition coefficient (Wildman–Crippen LogP) is -0.925. The third kappa shape index (κ3) is 2.17. The first-order valence-electron chi connectivity index (χ1n) is 3.88. The van der Waals surface area contributed by atoms with Gasteiger partial charge < -0.3 is 15.1 Å². The van der Waals surface area contributed by atoms with Crippen molar-refractivity contribution < 1.29 is 10.2 Å². The summed E-state index contributed by atoms with van der Waals surface area (Å²) in [5, 5.41) is 17.3. The molecule has 11 heavy (non-hydrogen) atoms. The minimum Gasteiger partial charge on any atom is -0.396 e. The zero-order chi connectivity index (χ0) is 8.10. The van der Waals surface area contributed by atoms with Gasteiger partial charge in [-0.15, -0.1) is 0 Å². The fraction of sp³-hybridized carbons (Fsp3) is 0.857. The van der Waals surface area contributed by atoms with Crippen LogP contribution in [0.15, 0.2) is 4.99 Å². The Balaban J connectivity index is 2.35. The van der Waals surface area contributed by atoms with E-state index in [-0.39, 0.29) is 13.2 Å². The Labute approximate surface area is 66.2 Å². The summed E-state index contributed by atoms with van der Waals surface area (Å²) in [5.41, 5.74) is 0. The van der Waals surface area contributed by atoms with Crippen molar-refractivity contribution >= 4 is 5.84 Å². The number of β-amino-alcohol motifs (C(OH)–C–C–N with tert-alkyl or cyclic N) is 1. The van der Waals surface area contributed by atoms with Gasteiger partial charge in [-0.2, -0.15) is 0 Å². The summed E-state index contributed by atoms with van der Waals surface area (Å²) in [7, 11) is 0. The van der Waals surface area contributed by atoms with Crippen LogP contribution in [0, 0.1) is 0 Å². The van der Waals surface area contributed by atoms with Gasteiger partial charge in [0.2, 0.25) is 0 Å². The van der Waals surface area contributed by atoms with Crippen molar-refractivity contribution in [2.24, 2.45) is 4.99 Å². The molecule has 0 spiro atoms. The molecule has 0 aromatic rings. The first kappa shape index (κ1) is 8.49. The summed E-state index contributed by atoms with van der Waals surface area (Å²) >= 11 is 0. The SMILES string of the molecule is OCCC1=NCCN1CCO. The van der Waals surface area contributed by atoms with Gasteiger partial charge in [0, 0.05) is 19.5 Å². The maximum Gasteiger partial charge on any atom is 0.101 e. The molecule has 1 aliphatic rings. The minimum atomic E-state index is 0.140. The molecule has 0 aliphatic carbocycles. The number of hydrogen-bond donors (Lipinski definition) is 2. The van der Waals surface area contributed by atoms with Gasteiger partial charge in [0.15, 0.2) is 0 Å². The molecule has 0 atom stereocenters. The number of aliphatic hydroxyl groups excluding tert-OH is 2. The van der Waals surface area contributed by atoms with Crippen LogP contribution in [0.25, 0.3) is 0 Å². The molecule has 0 aromatic carbocycles. The Kier molecular flexibility index (Phi) is 3.32. The topological polar surface area (TPSA) is 56.1 Å². The molecule has 2 N–H and O–H groups in total. The number of hydrogen-bond acceptors (Lipinski definition) is 4. The largest absolute Gasteiger partial charge is 0.396 e. The Bertz CT molecular complexity index is 147. The van der Waals surface area contributed by atoms with Crippen LogP contribution < -0.4 is 0 Å². The molecule has 1 rings (SSSR count). The summed E-state index contributed by atoms with van der Waals surface area (Å²) in [5.74, 6) is 0.932. The van der Waals surface area contributed by atoms with Gasteiger partial charge in [0.1, 0.15) is 5.84 Å². The highest BCUT2D eigenvalue weighted by Crippen LogP contribution is 2.03. The Morgan fingerprint density at radius 2 is 2.18 bits per heavy atom. The number of nitrogens with zero attached hydrogens (tertiary/aromatic N) is 2. The van der Waals surface area contributed by atoms with E-state index in [1.54, 1.807) is 0 Å². The van der Waals surface area contributed by atoms with Crippen LogP contribution in [0.2, 0.25) is 0 Å². The summed E-state index contributed by atoms with van der Waals surface area (Å²) < 4.78 is 0. The Morgan fingerprint density at radius 1 is 1.36 bits per heavy atom. The highest BCUT2D eigenvalue weighted by atomic mass is 16.3. The standard InChI is InChI=1S/C7H14N2O2/c10-5-1-7-8-2-3-9(7)4-6-11/h10-11H,1-6H2. The second-order valence-electron chi connectivity index (χ2n) is 2.48. The second-order valence-corrected chi connectivity index (χ2v) is 2.48. The van der Waals surface area contributed by atoms with E-state index in [0.717, 1.165) is 18.9 Å². The van der Waals surface area contributed by atoms with E-state index in [4.69, 9.17) is 10.2 Å². The van der Waals surface area contributed by atoms with Gasteiger partial charge in [-0.25, -0.2) is 0 Å². The van der Waals surface area contributed by atoms with Gasteiger partial charge >= 0.3 is 0 Å². The molecule has 4 heteroatoms. The van der Waals surface area contributed by atoms with E-state index in [9.17, 15) is 0 Å². The van der Waals surface area contributed by atoms with Crippen LogP contribution in [0.4, 0.5) is 0 Å². The molecule has 1 heterocycles. The Morgan fingerprint density at radius 3 is 2.82 bits per heavy atom. The lowest BCUT2D eigenvalue weighted by atomic mass is 10.4. The lowest BCUT2D eigenvalue weighted by molar-refractivity contribution is 0.250. The average molecular weight is 158 g/mol. The smallest absolute Gasteiger partial charge is 0.101 e. The molecule has 0 aromatic heterocycles. The van der Waals surface area contributed by atoms with E-state index in [1.807, 2.05) is 4.90 Å². The van der Waals surface area contributed by atoms with Crippen LogP contribution in [0.5, 0.6) is 0 Å². The van der Waals surface area contributed by atoms with E-state index < -0.39 is 0 Å². The molecule has 0 fully saturated rings. The Hall–Kier alpha value is -0.610. The summed E-state index contributed by atoms with van der Waals surface area (Å²) in [6, 6.07) is 0. The first-order valence-corrected chi connectivity index (χ1v) is 3.88. The maximum absolute atomic E-state index is 8.65. The molecular weight excluding hydrogens is 144 g/mol. The quantitative estimate of drug-likeness (QED) is 0.556. The van der Waals surface area contributed by atoms with Gasteiger partial charge in [0.05, 0.1) is 19.8 Å². The zero-order valence-corrected chi connectivity index (χ0v) is 6.53. The van der Waals surface area contributed by atoms with E-state index in [1.165, 1.54) is 0 Å². The third-order valence-corrected chi connectivity index (χ3v) is 1.73. The van der Waals surface area contributed by atoms with Gasteiger partial charge in [0.25, 0.3) is 0 Å². The molecule has 4 nitrogen and oxygen atoms in total. The van der Waals surface area contributed by atoms with Crippen molar-refractivity contribution in [3.63, 3.8) is 0 Å². The van der Waals surface area contributed by atoms with Gasteiger partial charge in [-0.1, -0.05) is 0 Å². The number of amidine groups is 1. The van der Waals surface area contributed by atoms with E-state index in [0.29, 0.717) is 13.0 Å². The molecule has 0 radical (unpaired) electrons. The van der Waals surface area contributed by atoms with Crippen molar-refractivity contribution in [3.8, 4) is 0 Å². The normalized spacial score (nSPS) is 17.3. The summed E-state index contributed by atoms with van der Waals surface area (Å²) in [6.07, 6.45) is 0.611. The molecule has 1 aliphatic heterocycles. The monoisotopic (exact) mass is 158 g/mol. The minimum absolute atomic E-state index is 0.140. The molecular formula is C7H14N2O2. The van der Waals surface area contributed by atoms with Crippen LogP contribution in [-0.4, -0.2) is 53.8 Å². The van der Waals surface area contributed by atoms with Gasteiger partial charge in [-0.3, -0.25) is 4.99 Å². The molecule has 0 saturated heterocycles. The van der Waals surface area contributed by atoms with Crippen molar-refractivity contribution in [1.82, 2.24) is 4.90 Å². The molecule has 0 unspecified atom stereocenters. The zero-order valence-electron chi connectivity index (χ0n) is 6.53. The predicted molar refractivity (Wildman–Crippen MR) is 42.7 cm³/mol. The summed E-state index contributed by atoms with van der Waals surface area (Å²) in [4.78, 5) is 6.21. The van der Waals surface area contributed by atoms with Crippen molar-refractivity contribution in [3.05, 3.63) is 0 Å². The van der Waals surface area contributed by atoms with Gasteiger partial charge in [-0.05, 0) is 0 Å². The summed E-state index contributed by atoms with van der Waals surface area (Å²) in [6.45, 7) is 2.62. The third-order valence-electron chi connectivity index (χ3n) is 1.73. The van der Waals surface area contributed by atoms with Crippen molar-refractivity contribution in [2.75, 3.05) is 32.8 Å². The average Bonchev–Trinajstić information content (AvgIpc) is 2.39.